The number of hydrogen-bond acceptors (Lipinski definition) is 3. The fourth-order valence-corrected chi connectivity index (χ4v) is 3.63. The summed E-state index contributed by atoms with van der Waals surface area (Å²) in [4.78, 5) is 2.11. The van der Waals surface area contributed by atoms with Crippen LogP contribution in [0.5, 0.6) is 11.5 Å². The maximum absolute atomic E-state index is 9.25. The smallest absolute Gasteiger partial charge is 0.134 e. The standard InChI is InChI=1S/C13H10Br2O2S/c1-17-12-7-13(11(15)6-10(12)14)18-9-4-2-8(16)3-5-9/h2-7,16H,1H3. The molecule has 0 radical (unpaired) electrons. The summed E-state index contributed by atoms with van der Waals surface area (Å²) in [6.45, 7) is 0. The van der Waals surface area contributed by atoms with Gasteiger partial charge in [0.1, 0.15) is 11.5 Å². The largest absolute Gasteiger partial charge is 0.508 e. The topological polar surface area (TPSA) is 29.5 Å². The van der Waals surface area contributed by atoms with Gasteiger partial charge >= 0.3 is 0 Å². The normalized spacial score (nSPS) is 10.4. The molecule has 0 amide bonds. The van der Waals surface area contributed by atoms with Gasteiger partial charge in [-0.15, -0.1) is 0 Å². The number of aromatic hydroxyl groups is 1. The van der Waals surface area contributed by atoms with Gasteiger partial charge in [-0.1, -0.05) is 11.8 Å². The number of halogens is 2. The first-order chi connectivity index (χ1) is 8.60. The third kappa shape index (κ3) is 3.22. The van der Waals surface area contributed by atoms with Gasteiger partial charge in [-0.3, -0.25) is 0 Å². The molecular formula is C13H10Br2O2S. The Morgan fingerprint density at radius 1 is 1.06 bits per heavy atom. The van der Waals surface area contributed by atoms with E-state index in [1.54, 1.807) is 31.0 Å². The van der Waals surface area contributed by atoms with Crippen molar-refractivity contribution in [2.75, 3.05) is 7.11 Å². The van der Waals surface area contributed by atoms with E-state index in [1.165, 1.54) is 0 Å². The molecule has 0 aromatic heterocycles. The maximum atomic E-state index is 9.25. The second kappa shape index (κ2) is 5.99. The lowest BCUT2D eigenvalue weighted by atomic mass is 10.3. The predicted molar refractivity (Wildman–Crippen MR) is 80.6 cm³/mol. The number of phenolic OH excluding ortho intramolecular Hbond substituents is 1. The second-order valence-corrected chi connectivity index (χ2v) is 6.34. The summed E-state index contributed by atoms with van der Waals surface area (Å²) < 4.78 is 7.18. The lowest BCUT2D eigenvalue weighted by Crippen LogP contribution is -1.86. The van der Waals surface area contributed by atoms with E-state index in [2.05, 4.69) is 31.9 Å². The van der Waals surface area contributed by atoms with Crippen molar-refractivity contribution in [3.63, 3.8) is 0 Å². The van der Waals surface area contributed by atoms with Gasteiger partial charge in [-0.05, 0) is 68.3 Å². The molecule has 1 N–H and O–H groups in total. The van der Waals surface area contributed by atoms with E-state index in [0.717, 1.165) is 24.5 Å². The van der Waals surface area contributed by atoms with Crippen LogP contribution in [0.25, 0.3) is 0 Å². The molecule has 0 atom stereocenters. The number of rotatable bonds is 3. The maximum Gasteiger partial charge on any atom is 0.134 e. The monoisotopic (exact) mass is 388 g/mol. The molecule has 5 heteroatoms. The molecule has 0 unspecified atom stereocenters. The van der Waals surface area contributed by atoms with Crippen molar-refractivity contribution in [2.24, 2.45) is 0 Å². The van der Waals surface area contributed by atoms with Crippen LogP contribution in [0.4, 0.5) is 0 Å². The Bertz CT molecular complexity index is 556. The molecule has 0 aliphatic heterocycles. The second-order valence-electron chi connectivity index (χ2n) is 3.51. The average molecular weight is 390 g/mol. The van der Waals surface area contributed by atoms with Crippen LogP contribution >= 0.6 is 43.6 Å². The van der Waals surface area contributed by atoms with Crippen LogP contribution in [-0.2, 0) is 0 Å². The Morgan fingerprint density at radius 3 is 2.33 bits per heavy atom. The summed E-state index contributed by atoms with van der Waals surface area (Å²) in [5.74, 6) is 1.06. The average Bonchev–Trinajstić information content (AvgIpc) is 2.35. The Morgan fingerprint density at radius 2 is 1.72 bits per heavy atom. The first-order valence-electron chi connectivity index (χ1n) is 5.10. The minimum Gasteiger partial charge on any atom is -0.508 e. The number of methoxy groups -OCH3 is 1. The summed E-state index contributed by atoms with van der Waals surface area (Å²) in [5, 5.41) is 9.25. The molecule has 0 bridgehead atoms. The van der Waals surface area contributed by atoms with E-state index in [1.807, 2.05) is 24.3 Å². The highest BCUT2D eigenvalue weighted by atomic mass is 79.9. The quantitative estimate of drug-likeness (QED) is 0.793. The van der Waals surface area contributed by atoms with Gasteiger partial charge in [-0.2, -0.15) is 0 Å². The van der Waals surface area contributed by atoms with Gasteiger partial charge in [-0.25, -0.2) is 0 Å². The third-order valence-corrected chi connectivity index (χ3v) is 4.87. The van der Waals surface area contributed by atoms with Crippen molar-refractivity contribution in [3.8, 4) is 11.5 Å². The van der Waals surface area contributed by atoms with Gasteiger partial charge in [0.15, 0.2) is 0 Å². The van der Waals surface area contributed by atoms with Crippen LogP contribution in [0.15, 0.2) is 55.1 Å². The molecular weight excluding hydrogens is 380 g/mol. The Hall–Kier alpha value is -0.650. The predicted octanol–water partition coefficient (Wildman–Crippen LogP) is 5.08. The fraction of sp³-hybridized carbons (Fsp3) is 0.0769. The van der Waals surface area contributed by atoms with Crippen molar-refractivity contribution in [1.29, 1.82) is 0 Å². The van der Waals surface area contributed by atoms with Crippen LogP contribution in [0.2, 0.25) is 0 Å². The Labute approximate surface area is 127 Å². The van der Waals surface area contributed by atoms with E-state index in [4.69, 9.17) is 4.74 Å². The van der Waals surface area contributed by atoms with Gasteiger partial charge in [0.05, 0.1) is 11.6 Å². The van der Waals surface area contributed by atoms with Gasteiger partial charge in [0.25, 0.3) is 0 Å². The number of hydrogen-bond donors (Lipinski definition) is 1. The van der Waals surface area contributed by atoms with Crippen LogP contribution in [0.1, 0.15) is 0 Å². The highest BCUT2D eigenvalue weighted by Crippen LogP contribution is 2.39. The van der Waals surface area contributed by atoms with Crippen molar-refractivity contribution < 1.29 is 9.84 Å². The van der Waals surface area contributed by atoms with Crippen LogP contribution < -0.4 is 4.74 Å². The molecule has 2 aromatic carbocycles. The van der Waals surface area contributed by atoms with E-state index in [0.29, 0.717) is 0 Å². The summed E-state index contributed by atoms with van der Waals surface area (Å²) in [7, 11) is 1.64. The number of ether oxygens (including phenoxy) is 1. The van der Waals surface area contributed by atoms with E-state index in [9.17, 15) is 5.11 Å². The zero-order chi connectivity index (χ0) is 13.1. The summed E-state index contributed by atoms with van der Waals surface area (Å²) in [5.41, 5.74) is 0. The van der Waals surface area contributed by atoms with E-state index in [-0.39, 0.29) is 5.75 Å². The van der Waals surface area contributed by atoms with Crippen molar-refractivity contribution >= 4 is 43.6 Å². The molecule has 18 heavy (non-hydrogen) atoms. The van der Waals surface area contributed by atoms with E-state index >= 15 is 0 Å². The molecule has 0 fully saturated rings. The molecule has 0 saturated carbocycles. The Kier molecular flexibility index (Phi) is 4.59. The lowest BCUT2D eigenvalue weighted by Gasteiger charge is -2.09. The van der Waals surface area contributed by atoms with Gasteiger partial charge in [0, 0.05) is 14.3 Å². The first-order valence-corrected chi connectivity index (χ1v) is 7.50. The molecule has 0 aliphatic carbocycles. The minimum atomic E-state index is 0.270. The molecule has 0 heterocycles. The minimum absolute atomic E-state index is 0.270. The lowest BCUT2D eigenvalue weighted by molar-refractivity contribution is 0.411. The van der Waals surface area contributed by atoms with Gasteiger partial charge in [0.2, 0.25) is 0 Å². The molecule has 0 spiro atoms. The zero-order valence-electron chi connectivity index (χ0n) is 9.48. The Balaban J connectivity index is 2.31. The SMILES string of the molecule is COc1cc(Sc2ccc(O)cc2)c(Br)cc1Br. The highest BCUT2D eigenvalue weighted by molar-refractivity contribution is 9.11. The number of benzene rings is 2. The molecule has 2 aromatic rings. The molecule has 0 saturated heterocycles. The summed E-state index contributed by atoms with van der Waals surface area (Å²) in [6, 6.07) is 11.0. The van der Waals surface area contributed by atoms with Crippen LogP contribution in [-0.4, -0.2) is 12.2 Å². The highest BCUT2D eigenvalue weighted by Gasteiger charge is 2.08. The van der Waals surface area contributed by atoms with Crippen molar-refractivity contribution in [2.45, 2.75) is 9.79 Å². The molecule has 2 nitrogen and oxygen atoms in total. The first kappa shape index (κ1) is 13.8. The van der Waals surface area contributed by atoms with Crippen molar-refractivity contribution in [3.05, 3.63) is 45.3 Å². The molecule has 2 rings (SSSR count). The molecule has 94 valence electrons. The zero-order valence-corrected chi connectivity index (χ0v) is 13.5. The van der Waals surface area contributed by atoms with Crippen LogP contribution in [0, 0.1) is 0 Å². The number of phenols is 1. The summed E-state index contributed by atoms with van der Waals surface area (Å²) >= 11 is 8.57. The van der Waals surface area contributed by atoms with Crippen molar-refractivity contribution in [1.82, 2.24) is 0 Å². The van der Waals surface area contributed by atoms with Gasteiger partial charge < -0.3 is 9.84 Å². The fourth-order valence-electron chi connectivity index (χ4n) is 1.39. The van der Waals surface area contributed by atoms with Crippen LogP contribution in [0.3, 0.4) is 0 Å². The van der Waals surface area contributed by atoms with E-state index < -0.39 is 0 Å². The molecule has 0 aliphatic rings. The third-order valence-electron chi connectivity index (χ3n) is 2.27. The summed E-state index contributed by atoms with van der Waals surface area (Å²) in [6.07, 6.45) is 0.